The molecule has 2 atom stereocenters. The molecule has 0 aliphatic rings. The third-order valence-electron chi connectivity index (χ3n) is 2.94. The second-order valence-electron chi connectivity index (χ2n) is 4.26. The van der Waals surface area contributed by atoms with Crippen molar-refractivity contribution < 1.29 is 4.21 Å². The summed E-state index contributed by atoms with van der Waals surface area (Å²) in [5, 5.41) is 0.0787. The number of aromatic amines is 1. The summed E-state index contributed by atoms with van der Waals surface area (Å²) >= 11 is 5.29. The molecule has 3 nitrogen and oxygen atoms in total. The second kappa shape index (κ2) is 5.63. The lowest BCUT2D eigenvalue weighted by Crippen LogP contribution is -2.18. The van der Waals surface area contributed by atoms with E-state index in [4.69, 9.17) is 12.2 Å². The van der Waals surface area contributed by atoms with Crippen LogP contribution in [0.4, 0.5) is 0 Å². The van der Waals surface area contributed by atoms with Crippen LogP contribution < -0.4 is 0 Å². The van der Waals surface area contributed by atoms with Gasteiger partial charge in [0.2, 0.25) is 0 Å². The van der Waals surface area contributed by atoms with Gasteiger partial charge in [-0.1, -0.05) is 30.3 Å². The van der Waals surface area contributed by atoms with Gasteiger partial charge in [0.05, 0.1) is 5.69 Å². The van der Waals surface area contributed by atoms with Crippen molar-refractivity contribution in [1.29, 1.82) is 0 Å². The number of H-pyrrole nitrogens is 1. The van der Waals surface area contributed by atoms with Crippen LogP contribution in [-0.4, -0.2) is 25.3 Å². The number of nitrogens with zero attached hydrogens (tertiary/aromatic N) is 1. The van der Waals surface area contributed by atoms with Gasteiger partial charge in [-0.15, -0.1) is 0 Å². The molecule has 0 aliphatic heterocycles. The van der Waals surface area contributed by atoms with Crippen molar-refractivity contribution in [3.05, 3.63) is 41.3 Å². The fraction of sp³-hybridized carbons (Fsp3) is 0.308. The molecule has 1 N–H and O–H groups in total. The highest BCUT2D eigenvalue weighted by Crippen LogP contribution is 2.20. The summed E-state index contributed by atoms with van der Waals surface area (Å²) in [5.41, 5.74) is 2.15. The number of hydrogen-bond acceptors (Lipinski definition) is 2. The second-order valence-corrected chi connectivity index (χ2v) is 6.45. The van der Waals surface area contributed by atoms with Crippen LogP contribution in [0.15, 0.2) is 36.5 Å². The van der Waals surface area contributed by atoms with Crippen molar-refractivity contribution in [3.63, 3.8) is 0 Å². The summed E-state index contributed by atoms with van der Waals surface area (Å²) in [6.45, 7) is 2.63. The van der Waals surface area contributed by atoms with E-state index in [0.29, 0.717) is 11.3 Å². The van der Waals surface area contributed by atoms with Crippen molar-refractivity contribution in [1.82, 2.24) is 9.55 Å². The van der Waals surface area contributed by atoms with Crippen molar-refractivity contribution in [2.24, 2.45) is 0 Å². The number of rotatable bonds is 4. The van der Waals surface area contributed by atoms with E-state index in [9.17, 15) is 4.21 Å². The molecule has 0 radical (unpaired) electrons. The molecule has 0 aliphatic carbocycles. The van der Waals surface area contributed by atoms with Crippen LogP contribution in [0.25, 0.3) is 11.3 Å². The highest BCUT2D eigenvalue weighted by Gasteiger charge is 2.12. The average Bonchev–Trinajstić information content (AvgIpc) is 2.72. The van der Waals surface area contributed by atoms with Crippen LogP contribution >= 0.6 is 12.2 Å². The summed E-state index contributed by atoms with van der Waals surface area (Å²) in [6.07, 6.45) is 3.63. The molecular formula is C13H16N2OS2. The first kappa shape index (κ1) is 13.2. The molecule has 0 spiro atoms. The van der Waals surface area contributed by atoms with Gasteiger partial charge in [0, 0.05) is 35.0 Å². The van der Waals surface area contributed by atoms with E-state index >= 15 is 0 Å². The largest absolute Gasteiger partial charge is 0.337 e. The number of aromatic nitrogens is 2. The summed E-state index contributed by atoms with van der Waals surface area (Å²) < 4.78 is 14.2. The van der Waals surface area contributed by atoms with Crippen LogP contribution in [0.3, 0.4) is 0 Å². The van der Waals surface area contributed by atoms with Gasteiger partial charge in [-0.05, 0) is 24.7 Å². The van der Waals surface area contributed by atoms with E-state index in [-0.39, 0.29) is 5.25 Å². The molecular weight excluding hydrogens is 264 g/mol. The minimum Gasteiger partial charge on any atom is -0.337 e. The highest BCUT2D eigenvalue weighted by atomic mass is 32.2. The van der Waals surface area contributed by atoms with E-state index in [1.165, 1.54) is 0 Å². The summed E-state index contributed by atoms with van der Waals surface area (Å²) in [4.78, 5) is 3.06. The molecule has 2 rings (SSSR count). The standard InChI is InChI=1S/C13H16N2OS2/c1-10(18(2)16)9-15-12(8-14-13(15)17)11-6-4-3-5-7-11/h3-8,10H,9H2,1-2H3,(H,14,17). The summed E-state index contributed by atoms with van der Waals surface area (Å²) in [6, 6.07) is 10.1. The Kier molecular flexibility index (Phi) is 4.14. The number of benzene rings is 1. The lowest BCUT2D eigenvalue weighted by Gasteiger charge is -2.12. The molecule has 0 fully saturated rings. The first-order chi connectivity index (χ1) is 8.59. The van der Waals surface area contributed by atoms with E-state index in [0.717, 1.165) is 11.3 Å². The van der Waals surface area contributed by atoms with E-state index in [1.54, 1.807) is 6.26 Å². The molecule has 2 unspecified atom stereocenters. The maximum absolute atomic E-state index is 11.5. The van der Waals surface area contributed by atoms with Crippen molar-refractivity contribution in [3.8, 4) is 11.3 Å². The predicted molar refractivity (Wildman–Crippen MR) is 78.6 cm³/mol. The van der Waals surface area contributed by atoms with Crippen molar-refractivity contribution >= 4 is 23.0 Å². The lowest BCUT2D eigenvalue weighted by atomic mass is 10.2. The number of hydrogen-bond donors (Lipinski definition) is 1. The molecule has 96 valence electrons. The maximum Gasteiger partial charge on any atom is 0.177 e. The molecule has 1 aromatic heterocycles. The monoisotopic (exact) mass is 280 g/mol. The topological polar surface area (TPSA) is 37.8 Å². The Morgan fingerprint density at radius 2 is 2.06 bits per heavy atom. The Bertz CT molecular complexity index is 601. The SMILES string of the molecule is CC(Cn1c(-c2ccccc2)c[nH]c1=S)S(C)=O. The van der Waals surface area contributed by atoms with Gasteiger partial charge in [0.15, 0.2) is 4.77 Å². The Morgan fingerprint density at radius 1 is 1.39 bits per heavy atom. The molecule has 2 aromatic rings. The summed E-state index contributed by atoms with van der Waals surface area (Å²) in [5.74, 6) is 0. The Balaban J connectivity index is 2.40. The van der Waals surface area contributed by atoms with Crippen molar-refractivity contribution in [2.45, 2.75) is 18.7 Å². The van der Waals surface area contributed by atoms with Gasteiger partial charge in [0.1, 0.15) is 0 Å². The zero-order valence-electron chi connectivity index (χ0n) is 10.4. The third kappa shape index (κ3) is 2.79. The molecule has 5 heteroatoms. The zero-order valence-corrected chi connectivity index (χ0v) is 12.1. The average molecular weight is 280 g/mol. The van der Waals surface area contributed by atoms with E-state index in [1.807, 2.05) is 48.0 Å². The molecule has 0 bridgehead atoms. The molecule has 18 heavy (non-hydrogen) atoms. The third-order valence-corrected chi connectivity index (χ3v) is 4.56. The van der Waals surface area contributed by atoms with Gasteiger partial charge < -0.3 is 9.55 Å². The van der Waals surface area contributed by atoms with Gasteiger partial charge in [0.25, 0.3) is 0 Å². The van der Waals surface area contributed by atoms with E-state index in [2.05, 4.69) is 4.98 Å². The van der Waals surface area contributed by atoms with Crippen LogP contribution in [0.5, 0.6) is 0 Å². The van der Waals surface area contributed by atoms with Crippen molar-refractivity contribution in [2.75, 3.05) is 6.26 Å². The van der Waals surface area contributed by atoms with Gasteiger partial charge in [-0.2, -0.15) is 0 Å². The molecule has 0 amide bonds. The van der Waals surface area contributed by atoms with Crippen LogP contribution in [0.2, 0.25) is 0 Å². The van der Waals surface area contributed by atoms with Crippen LogP contribution in [0.1, 0.15) is 6.92 Å². The number of imidazole rings is 1. The Labute approximate surface area is 114 Å². The highest BCUT2D eigenvalue weighted by molar-refractivity contribution is 7.84. The molecule has 0 saturated heterocycles. The van der Waals surface area contributed by atoms with Crippen LogP contribution in [-0.2, 0) is 17.3 Å². The van der Waals surface area contributed by atoms with Crippen LogP contribution in [0, 0.1) is 4.77 Å². The Morgan fingerprint density at radius 3 is 2.67 bits per heavy atom. The first-order valence-corrected chi connectivity index (χ1v) is 7.78. The minimum atomic E-state index is -0.849. The predicted octanol–water partition coefficient (Wildman–Crippen LogP) is 2.98. The minimum absolute atomic E-state index is 0.0787. The zero-order chi connectivity index (χ0) is 13.1. The summed E-state index contributed by atoms with van der Waals surface area (Å²) in [7, 11) is -0.849. The smallest absolute Gasteiger partial charge is 0.177 e. The fourth-order valence-corrected chi connectivity index (χ4v) is 2.38. The first-order valence-electron chi connectivity index (χ1n) is 5.75. The Hall–Kier alpha value is -1.20. The number of nitrogens with one attached hydrogen (secondary N) is 1. The maximum atomic E-state index is 11.5. The molecule has 0 saturated carbocycles. The molecule has 1 heterocycles. The van der Waals surface area contributed by atoms with Gasteiger partial charge >= 0.3 is 0 Å². The van der Waals surface area contributed by atoms with Gasteiger partial charge in [-0.25, -0.2) is 0 Å². The molecule has 1 aromatic carbocycles. The normalized spacial score (nSPS) is 14.3. The van der Waals surface area contributed by atoms with E-state index < -0.39 is 10.8 Å². The van der Waals surface area contributed by atoms with Gasteiger partial charge in [-0.3, -0.25) is 4.21 Å². The lowest BCUT2D eigenvalue weighted by molar-refractivity contribution is 0.642. The quantitative estimate of drug-likeness (QED) is 0.874. The fourth-order valence-electron chi connectivity index (χ4n) is 1.79.